The number of amides is 1. The van der Waals surface area contributed by atoms with Crippen molar-refractivity contribution in [3.8, 4) is 0 Å². The minimum absolute atomic E-state index is 0. The topological polar surface area (TPSA) is 61.7 Å². The van der Waals surface area contributed by atoms with Crippen molar-refractivity contribution in [3.63, 3.8) is 0 Å². The number of aliphatic imine (C=N–C) groups is 1. The first-order valence-corrected chi connectivity index (χ1v) is 4.57. The number of rotatable bonds is 4. The van der Waals surface area contributed by atoms with E-state index in [0.29, 0.717) is 6.42 Å². The first-order valence-electron chi connectivity index (χ1n) is 4.57. The Hall–Kier alpha value is -0.0600. The third-order valence-electron chi connectivity index (χ3n) is 2.22. The van der Waals surface area contributed by atoms with Crippen molar-refractivity contribution in [2.45, 2.75) is 45.1 Å². The van der Waals surface area contributed by atoms with E-state index in [-0.39, 0.29) is 29.6 Å². The summed E-state index contributed by atoms with van der Waals surface area (Å²) in [5, 5.41) is 11.2. The predicted octanol–water partition coefficient (Wildman–Crippen LogP) is -1.76. The Bertz CT molecular complexity index is 242. The van der Waals surface area contributed by atoms with E-state index in [0.717, 1.165) is 19.3 Å². The summed E-state index contributed by atoms with van der Waals surface area (Å²) in [7, 11) is 0. The molecule has 5 heteroatoms. The number of ether oxygens (including phenoxy) is 1. The van der Waals surface area contributed by atoms with Crippen molar-refractivity contribution in [2.24, 2.45) is 4.99 Å². The molecule has 1 atom stereocenters. The van der Waals surface area contributed by atoms with Gasteiger partial charge in [0.05, 0.1) is 0 Å². The van der Waals surface area contributed by atoms with Gasteiger partial charge >= 0.3 is 35.7 Å². The Kier molecular flexibility index (Phi) is 5.71. The summed E-state index contributed by atoms with van der Waals surface area (Å²) in [5.41, 5.74) is -0.980. The average molecular weight is 207 g/mol. The van der Waals surface area contributed by atoms with Crippen molar-refractivity contribution in [1.82, 2.24) is 0 Å². The van der Waals surface area contributed by atoms with Gasteiger partial charge < -0.3 is 9.84 Å². The molecule has 0 aromatic rings. The molecule has 4 nitrogen and oxygen atoms in total. The molecule has 14 heavy (non-hydrogen) atoms. The van der Waals surface area contributed by atoms with Crippen LogP contribution in [0.2, 0.25) is 0 Å². The molecule has 1 aliphatic rings. The molecule has 0 aromatic carbocycles. The molecular formula is C9H14NNaO3. The van der Waals surface area contributed by atoms with Gasteiger partial charge in [-0.15, -0.1) is 0 Å². The number of carbonyl (C=O) groups excluding carboxylic acids is 1. The number of cyclic esters (lactones) is 1. The maximum absolute atomic E-state index is 11.2. The summed E-state index contributed by atoms with van der Waals surface area (Å²) in [6.45, 7) is 3.70. The molecule has 0 N–H and O–H groups in total. The smallest absolute Gasteiger partial charge is 0.859 e. The van der Waals surface area contributed by atoms with E-state index in [2.05, 4.69) is 11.9 Å². The SMILES string of the molecule is CCCCCC1(C)OC(=O)N=C1[O-].[Na+]. The average Bonchev–Trinajstić information content (AvgIpc) is 2.27. The van der Waals surface area contributed by atoms with E-state index >= 15 is 0 Å². The van der Waals surface area contributed by atoms with Crippen molar-refractivity contribution in [2.75, 3.05) is 0 Å². The first kappa shape index (κ1) is 13.9. The van der Waals surface area contributed by atoms with Crippen LogP contribution in [0.25, 0.3) is 0 Å². The van der Waals surface area contributed by atoms with E-state index in [1.807, 2.05) is 0 Å². The monoisotopic (exact) mass is 207 g/mol. The predicted molar refractivity (Wildman–Crippen MR) is 46.5 cm³/mol. The largest absolute Gasteiger partial charge is 1.00 e. The summed E-state index contributed by atoms with van der Waals surface area (Å²) < 4.78 is 4.85. The van der Waals surface area contributed by atoms with Crippen molar-refractivity contribution in [3.05, 3.63) is 0 Å². The molecule has 0 aromatic heterocycles. The fraction of sp³-hybridized carbons (Fsp3) is 0.778. The Morgan fingerprint density at radius 1 is 1.50 bits per heavy atom. The molecule has 1 aliphatic heterocycles. The molecule has 0 bridgehead atoms. The van der Waals surface area contributed by atoms with E-state index < -0.39 is 17.6 Å². The Balaban J connectivity index is 0.00000169. The molecule has 1 unspecified atom stereocenters. The van der Waals surface area contributed by atoms with Crippen LogP contribution in [0, 0.1) is 0 Å². The number of hydrogen-bond donors (Lipinski definition) is 0. The molecule has 0 saturated heterocycles. The summed E-state index contributed by atoms with van der Waals surface area (Å²) in [4.78, 5) is 13.9. The second-order valence-corrected chi connectivity index (χ2v) is 3.47. The maximum Gasteiger partial charge on any atom is 1.00 e. The van der Waals surface area contributed by atoms with Gasteiger partial charge in [0.25, 0.3) is 0 Å². The Morgan fingerprint density at radius 3 is 2.57 bits per heavy atom. The van der Waals surface area contributed by atoms with Gasteiger partial charge in [-0.3, -0.25) is 0 Å². The van der Waals surface area contributed by atoms with Gasteiger partial charge in [0, 0.05) is 5.90 Å². The summed E-state index contributed by atoms with van der Waals surface area (Å²) in [5.74, 6) is -0.436. The minimum Gasteiger partial charge on any atom is -0.859 e. The van der Waals surface area contributed by atoms with Crippen LogP contribution in [0.4, 0.5) is 4.79 Å². The fourth-order valence-corrected chi connectivity index (χ4v) is 1.33. The molecule has 1 heterocycles. The zero-order valence-electron chi connectivity index (χ0n) is 9.00. The number of nitrogens with zero attached hydrogens (tertiary/aromatic N) is 1. The van der Waals surface area contributed by atoms with Gasteiger partial charge in [-0.05, 0) is 19.8 Å². The summed E-state index contributed by atoms with van der Waals surface area (Å²) in [6, 6.07) is 0. The van der Waals surface area contributed by atoms with Gasteiger partial charge in [-0.2, -0.15) is 4.99 Å². The van der Waals surface area contributed by atoms with Gasteiger partial charge in [-0.25, -0.2) is 4.79 Å². The van der Waals surface area contributed by atoms with Crippen LogP contribution >= 0.6 is 0 Å². The molecule has 0 saturated carbocycles. The molecule has 0 radical (unpaired) electrons. The third kappa shape index (κ3) is 3.26. The van der Waals surface area contributed by atoms with E-state index in [4.69, 9.17) is 4.74 Å². The molecule has 0 spiro atoms. The zero-order chi connectivity index (χ0) is 9.90. The zero-order valence-corrected chi connectivity index (χ0v) is 11.0. The molecule has 0 fully saturated rings. The van der Waals surface area contributed by atoms with E-state index in [1.54, 1.807) is 6.92 Å². The summed E-state index contributed by atoms with van der Waals surface area (Å²) in [6.07, 6.45) is 2.84. The Morgan fingerprint density at radius 2 is 2.14 bits per heavy atom. The van der Waals surface area contributed by atoms with Crippen LogP contribution in [0.3, 0.4) is 0 Å². The standard InChI is InChI=1S/C9H15NO3.Na/c1-3-4-5-6-9(2)7(11)10-8(12)13-9;/h3-6H2,1-2H3,(H,10,11,12);/q;+1/p-1. The van der Waals surface area contributed by atoms with Crippen LogP contribution in [0.1, 0.15) is 39.5 Å². The molecule has 74 valence electrons. The van der Waals surface area contributed by atoms with E-state index in [9.17, 15) is 9.90 Å². The summed E-state index contributed by atoms with van der Waals surface area (Å²) >= 11 is 0. The van der Waals surface area contributed by atoms with Gasteiger partial charge in [-0.1, -0.05) is 19.8 Å². The van der Waals surface area contributed by atoms with Crippen molar-refractivity contribution in [1.29, 1.82) is 0 Å². The Labute approximate surface area is 106 Å². The number of unbranched alkanes of at least 4 members (excludes halogenated alkanes) is 2. The van der Waals surface area contributed by atoms with Crippen LogP contribution in [0.15, 0.2) is 4.99 Å². The molecule has 1 rings (SSSR count). The van der Waals surface area contributed by atoms with Crippen molar-refractivity contribution >= 4 is 12.0 Å². The molecule has 0 aliphatic carbocycles. The van der Waals surface area contributed by atoms with Crippen LogP contribution in [-0.2, 0) is 4.74 Å². The minimum atomic E-state index is -0.980. The van der Waals surface area contributed by atoms with Crippen molar-refractivity contribution < 1.29 is 44.2 Å². The first-order chi connectivity index (χ1) is 6.08. The van der Waals surface area contributed by atoms with Gasteiger partial charge in [0.2, 0.25) is 0 Å². The molecule has 1 amide bonds. The second kappa shape index (κ2) is 5.73. The normalized spacial score (nSPS) is 25.3. The van der Waals surface area contributed by atoms with Crippen LogP contribution in [-0.4, -0.2) is 17.6 Å². The number of carbonyl (C=O) groups is 1. The van der Waals surface area contributed by atoms with E-state index in [1.165, 1.54) is 0 Å². The second-order valence-electron chi connectivity index (χ2n) is 3.47. The van der Waals surface area contributed by atoms with Gasteiger partial charge in [0.15, 0.2) is 0 Å². The van der Waals surface area contributed by atoms with Crippen LogP contribution < -0.4 is 34.7 Å². The maximum atomic E-state index is 11.2. The molecular weight excluding hydrogens is 193 g/mol. The van der Waals surface area contributed by atoms with Gasteiger partial charge in [0.1, 0.15) is 5.60 Å². The fourth-order valence-electron chi connectivity index (χ4n) is 1.33. The van der Waals surface area contributed by atoms with Crippen LogP contribution in [0.5, 0.6) is 0 Å². The third-order valence-corrected chi connectivity index (χ3v) is 2.22. The quantitative estimate of drug-likeness (QED) is 0.405. The number of hydrogen-bond acceptors (Lipinski definition) is 3.